The average Bonchev–Trinajstić information content (AvgIpc) is 2.87. The summed E-state index contributed by atoms with van der Waals surface area (Å²) in [6, 6.07) is 6.87. The lowest BCUT2D eigenvalue weighted by molar-refractivity contribution is 0.0594. The molecule has 0 unspecified atom stereocenters. The quantitative estimate of drug-likeness (QED) is 0.867. The fraction of sp³-hybridized carbons (Fsp3) is 0.167. The number of halogens is 1. The Balaban J connectivity index is 2.34. The Kier molecular flexibility index (Phi) is 3.53. The third-order valence-corrected chi connectivity index (χ3v) is 2.73. The molecule has 2 aromatic rings. The molecule has 2 rings (SSSR count). The molecule has 6 heteroatoms. The van der Waals surface area contributed by atoms with E-state index >= 15 is 0 Å². The number of hydrogen-bond acceptors (Lipinski definition) is 4. The first-order valence-electron chi connectivity index (χ1n) is 5.13. The highest BCUT2D eigenvalue weighted by Crippen LogP contribution is 2.29. The summed E-state index contributed by atoms with van der Waals surface area (Å²) in [5.41, 5.74) is 1.69. The largest absolute Gasteiger partial charge is 0.495 e. The van der Waals surface area contributed by atoms with E-state index in [1.807, 2.05) is 6.07 Å². The maximum absolute atomic E-state index is 11.3. The third-order valence-electron chi connectivity index (χ3n) is 2.43. The second-order valence-electron chi connectivity index (χ2n) is 3.51. The highest BCUT2D eigenvalue weighted by molar-refractivity contribution is 6.32. The van der Waals surface area contributed by atoms with E-state index in [2.05, 4.69) is 14.9 Å². The summed E-state index contributed by atoms with van der Waals surface area (Å²) in [6.45, 7) is 0. The number of benzene rings is 1. The first kappa shape index (κ1) is 12.4. The molecule has 0 aliphatic rings. The Morgan fingerprint density at radius 1 is 1.33 bits per heavy atom. The number of methoxy groups -OCH3 is 2. The van der Waals surface area contributed by atoms with Crippen LogP contribution in [0.3, 0.4) is 0 Å². The van der Waals surface area contributed by atoms with E-state index in [1.165, 1.54) is 7.11 Å². The molecule has 0 saturated carbocycles. The van der Waals surface area contributed by atoms with Crippen molar-refractivity contribution in [3.05, 3.63) is 35.0 Å². The van der Waals surface area contributed by atoms with Crippen LogP contribution in [0.1, 0.15) is 10.5 Å². The van der Waals surface area contributed by atoms with Crippen molar-refractivity contribution in [3.8, 4) is 17.0 Å². The summed E-state index contributed by atoms with van der Waals surface area (Å²) in [6.07, 6.45) is 0. The maximum Gasteiger partial charge on any atom is 0.356 e. The van der Waals surface area contributed by atoms with E-state index < -0.39 is 5.97 Å². The van der Waals surface area contributed by atoms with Gasteiger partial charge in [0.15, 0.2) is 0 Å². The second kappa shape index (κ2) is 5.10. The molecule has 0 bridgehead atoms. The lowest BCUT2D eigenvalue weighted by atomic mass is 10.1. The molecule has 0 aliphatic carbocycles. The molecule has 1 heterocycles. The molecule has 0 spiro atoms. The summed E-state index contributed by atoms with van der Waals surface area (Å²) in [5.74, 6) is 0.123. The van der Waals surface area contributed by atoms with E-state index in [-0.39, 0.29) is 0 Å². The van der Waals surface area contributed by atoms with Crippen molar-refractivity contribution in [1.82, 2.24) is 10.2 Å². The van der Waals surface area contributed by atoms with Crippen LogP contribution in [0.2, 0.25) is 5.02 Å². The van der Waals surface area contributed by atoms with E-state index in [1.54, 1.807) is 25.3 Å². The zero-order valence-corrected chi connectivity index (χ0v) is 10.6. The van der Waals surface area contributed by atoms with Crippen molar-refractivity contribution in [2.24, 2.45) is 0 Å². The van der Waals surface area contributed by atoms with Gasteiger partial charge < -0.3 is 9.47 Å². The van der Waals surface area contributed by atoms with E-state index in [4.69, 9.17) is 16.3 Å². The van der Waals surface area contributed by atoms with Gasteiger partial charge in [-0.3, -0.25) is 5.10 Å². The summed E-state index contributed by atoms with van der Waals surface area (Å²) < 4.78 is 9.65. The van der Waals surface area contributed by atoms with Gasteiger partial charge in [0.25, 0.3) is 0 Å². The number of nitrogens with zero attached hydrogens (tertiary/aromatic N) is 1. The van der Waals surface area contributed by atoms with Crippen LogP contribution in [0.25, 0.3) is 11.3 Å². The molecule has 0 aliphatic heterocycles. The van der Waals surface area contributed by atoms with Crippen molar-refractivity contribution in [1.29, 1.82) is 0 Å². The standard InChI is InChI=1S/C12H11ClN2O3/c1-17-11-4-3-7(5-8(11)13)9-6-10(15-14-9)12(16)18-2/h3-6H,1-2H3,(H,14,15). The Morgan fingerprint density at radius 2 is 2.11 bits per heavy atom. The van der Waals surface area contributed by atoms with Crippen LogP contribution >= 0.6 is 11.6 Å². The van der Waals surface area contributed by atoms with Crippen molar-refractivity contribution in [2.45, 2.75) is 0 Å². The number of H-pyrrole nitrogens is 1. The lowest BCUT2D eigenvalue weighted by Crippen LogP contribution is -2.00. The fourth-order valence-corrected chi connectivity index (χ4v) is 1.77. The molecule has 0 atom stereocenters. The van der Waals surface area contributed by atoms with Crippen molar-refractivity contribution < 1.29 is 14.3 Å². The Labute approximate surface area is 109 Å². The summed E-state index contributed by atoms with van der Waals surface area (Å²) in [7, 11) is 2.86. The molecule has 5 nitrogen and oxygen atoms in total. The van der Waals surface area contributed by atoms with E-state index in [0.29, 0.717) is 22.2 Å². The number of aromatic nitrogens is 2. The molecule has 1 N–H and O–H groups in total. The Bertz CT molecular complexity index is 580. The van der Waals surface area contributed by atoms with Crippen LogP contribution in [0.4, 0.5) is 0 Å². The van der Waals surface area contributed by atoms with Crippen LogP contribution < -0.4 is 4.74 Å². The van der Waals surface area contributed by atoms with Gasteiger partial charge in [-0.25, -0.2) is 4.79 Å². The molecular formula is C12H11ClN2O3. The van der Waals surface area contributed by atoms with Crippen LogP contribution in [0.15, 0.2) is 24.3 Å². The number of carbonyl (C=O) groups is 1. The smallest absolute Gasteiger partial charge is 0.356 e. The van der Waals surface area contributed by atoms with Crippen molar-refractivity contribution in [3.63, 3.8) is 0 Å². The first-order chi connectivity index (χ1) is 8.65. The number of hydrogen-bond donors (Lipinski definition) is 1. The average molecular weight is 267 g/mol. The monoisotopic (exact) mass is 266 g/mol. The van der Waals surface area contributed by atoms with Crippen LogP contribution in [0, 0.1) is 0 Å². The number of ether oxygens (including phenoxy) is 2. The number of esters is 1. The van der Waals surface area contributed by atoms with Crippen molar-refractivity contribution >= 4 is 17.6 Å². The fourth-order valence-electron chi connectivity index (χ4n) is 1.51. The van der Waals surface area contributed by atoms with E-state index in [0.717, 1.165) is 5.56 Å². The predicted octanol–water partition coefficient (Wildman–Crippen LogP) is 2.53. The minimum atomic E-state index is -0.464. The highest BCUT2D eigenvalue weighted by Gasteiger charge is 2.12. The van der Waals surface area contributed by atoms with Gasteiger partial charge in [0.2, 0.25) is 0 Å². The lowest BCUT2D eigenvalue weighted by Gasteiger charge is -2.03. The minimum Gasteiger partial charge on any atom is -0.495 e. The molecule has 0 radical (unpaired) electrons. The zero-order valence-electron chi connectivity index (χ0n) is 9.86. The summed E-state index contributed by atoms with van der Waals surface area (Å²) in [4.78, 5) is 11.3. The normalized spacial score (nSPS) is 10.2. The molecule has 1 aromatic heterocycles. The molecular weight excluding hydrogens is 256 g/mol. The third kappa shape index (κ3) is 2.31. The van der Waals surface area contributed by atoms with Gasteiger partial charge in [0, 0.05) is 5.56 Å². The first-order valence-corrected chi connectivity index (χ1v) is 5.51. The molecule has 94 valence electrons. The van der Waals surface area contributed by atoms with Crippen LogP contribution in [-0.4, -0.2) is 30.4 Å². The number of carbonyl (C=O) groups excluding carboxylic acids is 1. The number of rotatable bonds is 3. The van der Waals surface area contributed by atoms with Gasteiger partial charge in [-0.05, 0) is 24.3 Å². The predicted molar refractivity (Wildman–Crippen MR) is 66.9 cm³/mol. The molecule has 18 heavy (non-hydrogen) atoms. The number of nitrogens with one attached hydrogen (secondary N) is 1. The van der Waals surface area contributed by atoms with Crippen LogP contribution in [0.5, 0.6) is 5.75 Å². The van der Waals surface area contributed by atoms with Gasteiger partial charge >= 0.3 is 5.97 Å². The molecule has 0 saturated heterocycles. The zero-order chi connectivity index (χ0) is 13.1. The summed E-state index contributed by atoms with van der Waals surface area (Å²) >= 11 is 6.02. The van der Waals surface area contributed by atoms with Gasteiger partial charge in [-0.2, -0.15) is 5.10 Å². The Hall–Kier alpha value is -2.01. The summed E-state index contributed by atoms with van der Waals surface area (Å²) in [5, 5.41) is 7.11. The van der Waals surface area contributed by atoms with Gasteiger partial charge in [-0.1, -0.05) is 11.6 Å². The van der Waals surface area contributed by atoms with Gasteiger partial charge in [-0.15, -0.1) is 0 Å². The topological polar surface area (TPSA) is 64.2 Å². The highest BCUT2D eigenvalue weighted by atomic mass is 35.5. The maximum atomic E-state index is 11.3. The van der Waals surface area contributed by atoms with Crippen LogP contribution in [-0.2, 0) is 4.74 Å². The Morgan fingerprint density at radius 3 is 2.72 bits per heavy atom. The molecule has 1 aromatic carbocycles. The van der Waals surface area contributed by atoms with Crippen molar-refractivity contribution in [2.75, 3.05) is 14.2 Å². The van der Waals surface area contributed by atoms with E-state index in [9.17, 15) is 4.79 Å². The SMILES string of the molecule is COC(=O)c1cc(-c2ccc(OC)c(Cl)c2)n[nH]1. The minimum absolute atomic E-state index is 0.291. The van der Waals surface area contributed by atoms with Gasteiger partial charge in [0.1, 0.15) is 11.4 Å². The second-order valence-corrected chi connectivity index (χ2v) is 3.91. The van der Waals surface area contributed by atoms with Gasteiger partial charge in [0.05, 0.1) is 24.9 Å². The molecule has 0 amide bonds. The number of aromatic amines is 1. The molecule has 0 fully saturated rings.